The number of hydrogen-bond acceptors (Lipinski definition) is 2. The minimum absolute atomic E-state index is 0.185. The van der Waals surface area contributed by atoms with E-state index in [1.165, 1.54) is 0 Å². The van der Waals surface area contributed by atoms with Crippen molar-refractivity contribution in [1.29, 1.82) is 0 Å². The number of aliphatic carboxylic acids is 1. The molecule has 3 heteroatoms. The molecule has 0 rings (SSSR count). The maximum Gasteiger partial charge on any atom is 0.303 e. The SMILES string of the molecule is CCCC(O)CCCCCC(=O)O. The number of unbranched alkanes of at least 4 members (excludes halogenated alkanes) is 2. The molecular weight excluding hydrogens is 168 g/mol. The first-order valence-corrected chi connectivity index (χ1v) is 5.06. The van der Waals surface area contributed by atoms with Gasteiger partial charge in [-0.25, -0.2) is 0 Å². The molecule has 2 N–H and O–H groups in total. The van der Waals surface area contributed by atoms with Crippen molar-refractivity contribution in [1.82, 2.24) is 0 Å². The number of aliphatic hydroxyl groups is 1. The fourth-order valence-corrected chi connectivity index (χ4v) is 1.31. The number of hydrogen-bond donors (Lipinski definition) is 2. The molecular formula is C10H20O3. The van der Waals surface area contributed by atoms with Crippen molar-refractivity contribution in [2.24, 2.45) is 0 Å². The van der Waals surface area contributed by atoms with Gasteiger partial charge in [0.05, 0.1) is 6.10 Å². The summed E-state index contributed by atoms with van der Waals surface area (Å²) < 4.78 is 0. The Hall–Kier alpha value is -0.570. The molecule has 0 saturated heterocycles. The average Bonchev–Trinajstić information content (AvgIpc) is 2.03. The van der Waals surface area contributed by atoms with Gasteiger partial charge in [-0.15, -0.1) is 0 Å². The molecule has 0 heterocycles. The van der Waals surface area contributed by atoms with Gasteiger partial charge in [0.25, 0.3) is 0 Å². The third-order valence-corrected chi connectivity index (χ3v) is 2.05. The van der Waals surface area contributed by atoms with E-state index in [1.54, 1.807) is 0 Å². The van der Waals surface area contributed by atoms with E-state index in [2.05, 4.69) is 0 Å². The standard InChI is InChI=1S/C10H20O3/c1-2-6-9(11)7-4-3-5-8-10(12)13/h9,11H,2-8H2,1H3,(H,12,13). The largest absolute Gasteiger partial charge is 0.481 e. The molecule has 0 aliphatic heterocycles. The Morgan fingerprint density at radius 1 is 1.23 bits per heavy atom. The lowest BCUT2D eigenvalue weighted by Crippen LogP contribution is -2.05. The second-order valence-electron chi connectivity index (χ2n) is 3.44. The van der Waals surface area contributed by atoms with Gasteiger partial charge in [0.2, 0.25) is 0 Å². The van der Waals surface area contributed by atoms with Crippen LogP contribution in [0.15, 0.2) is 0 Å². The lowest BCUT2D eigenvalue weighted by Gasteiger charge is -2.07. The van der Waals surface area contributed by atoms with Crippen LogP contribution < -0.4 is 0 Å². The molecule has 0 spiro atoms. The summed E-state index contributed by atoms with van der Waals surface area (Å²) in [6.07, 6.45) is 5.33. The smallest absolute Gasteiger partial charge is 0.303 e. The van der Waals surface area contributed by atoms with Gasteiger partial charge in [0.15, 0.2) is 0 Å². The molecule has 1 atom stereocenters. The Bertz CT molecular complexity index is 134. The summed E-state index contributed by atoms with van der Waals surface area (Å²) in [5, 5.41) is 17.7. The van der Waals surface area contributed by atoms with Gasteiger partial charge in [-0.2, -0.15) is 0 Å². The molecule has 0 aromatic heterocycles. The van der Waals surface area contributed by atoms with Crippen molar-refractivity contribution in [3.63, 3.8) is 0 Å². The summed E-state index contributed by atoms with van der Waals surface area (Å²) in [7, 11) is 0. The molecule has 0 radical (unpaired) electrons. The molecule has 0 aromatic carbocycles. The van der Waals surface area contributed by atoms with Crippen molar-refractivity contribution in [3.05, 3.63) is 0 Å². The molecule has 13 heavy (non-hydrogen) atoms. The van der Waals surface area contributed by atoms with Gasteiger partial charge in [-0.05, 0) is 19.3 Å². The Balaban J connectivity index is 3.11. The minimum atomic E-state index is -0.728. The van der Waals surface area contributed by atoms with E-state index in [9.17, 15) is 9.90 Å². The van der Waals surface area contributed by atoms with E-state index in [4.69, 9.17) is 5.11 Å². The van der Waals surface area contributed by atoms with Crippen LogP contribution in [0.2, 0.25) is 0 Å². The van der Waals surface area contributed by atoms with Crippen LogP contribution in [0.1, 0.15) is 51.9 Å². The third kappa shape index (κ3) is 9.34. The van der Waals surface area contributed by atoms with Crippen molar-refractivity contribution in [3.8, 4) is 0 Å². The number of rotatable bonds is 8. The van der Waals surface area contributed by atoms with Gasteiger partial charge in [-0.1, -0.05) is 26.2 Å². The predicted molar refractivity (Wildman–Crippen MR) is 51.6 cm³/mol. The van der Waals surface area contributed by atoms with E-state index in [-0.39, 0.29) is 12.5 Å². The second kappa shape index (κ2) is 8.05. The highest BCUT2D eigenvalue weighted by Crippen LogP contribution is 2.09. The van der Waals surface area contributed by atoms with Crippen molar-refractivity contribution in [2.45, 2.75) is 58.0 Å². The molecule has 0 aliphatic carbocycles. The van der Waals surface area contributed by atoms with Gasteiger partial charge >= 0.3 is 5.97 Å². The summed E-state index contributed by atoms with van der Waals surface area (Å²) in [5.41, 5.74) is 0. The minimum Gasteiger partial charge on any atom is -0.481 e. The molecule has 0 saturated carbocycles. The highest BCUT2D eigenvalue weighted by molar-refractivity contribution is 5.66. The molecule has 0 aliphatic rings. The summed E-state index contributed by atoms with van der Waals surface area (Å²) in [6.45, 7) is 2.05. The Kier molecular flexibility index (Phi) is 7.69. The van der Waals surface area contributed by atoms with Crippen LogP contribution in [0.25, 0.3) is 0 Å². The summed E-state index contributed by atoms with van der Waals surface area (Å²) in [6, 6.07) is 0. The number of carboxylic acid groups (broad SMARTS) is 1. The molecule has 0 amide bonds. The van der Waals surface area contributed by atoms with E-state index in [0.29, 0.717) is 0 Å². The Labute approximate surface area is 79.8 Å². The normalized spacial score (nSPS) is 12.8. The van der Waals surface area contributed by atoms with Crippen LogP contribution in [-0.4, -0.2) is 22.3 Å². The van der Waals surface area contributed by atoms with Gasteiger partial charge < -0.3 is 10.2 Å². The zero-order valence-corrected chi connectivity index (χ0v) is 8.33. The number of aliphatic hydroxyl groups excluding tert-OH is 1. The maximum absolute atomic E-state index is 10.1. The highest BCUT2D eigenvalue weighted by atomic mass is 16.4. The monoisotopic (exact) mass is 188 g/mol. The van der Waals surface area contributed by atoms with Crippen LogP contribution in [0.5, 0.6) is 0 Å². The van der Waals surface area contributed by atoms with E-state index >= 15 is 0 Å². The van der Waals surface area contributed by atoms with Crippen LogP contribution in [-0.2, 0) is 4.79 Å². The Morgan fingerprint density at radius 3 is 2.46 bits per heavy atom. The molecule has 78 valence electrons. The van der Waals surface area contributed by atoms with Crippen LogP contribution >= 0.6 is 0 Å². The zero-order chi connectivity index (χ0) is 10.1. The third-order valence-electron chi connectivity index (χ3n) is 2.05. The van der Waals surface area contributed by atoms with E-state index in [0.717, 1.165) is 38.5 Å². The first-order chi connectivity index (χ1) is 6.16. The molecule has 0 aromatic rings. The number of carboxylic acids is 1. The maximum atomic E-state index is 10.1. The highest BCUT2D eigenvalue weighted by Gasteiger charge is 2.02. The van der Waals surface area contributed by atoms with Crippen molar-refractivity contribution < 1.29 is 15.0 Å². The fourth-order valence-electron chi connectivity index (χ4n) is 1.31. The zero-order valence-electron chi connectivity index (χ0n) is 8.33. The summed E-state index contributed by atoms with van der Waals surface area (Å²) >= 11 is 0. The number of carbonyl (C=O) groups is 1. The van der Waals surface area contributed by atoms with Crippen molar-refractivity contribution >= 4 is 5.97 Å². The van der Waals surface area contributed by atoms with E-state index < -0.39 is 5.97 Å². The van der Waals surface area contributed by atoms with Crippen LogP contribution in [0.4, 0.5) is 0 Å². The van der Waals surface area contributed by atoms with Crippen LogP contribution in [0.3, 0.4) is 0 Å². The average molecular weight is 188 g/mol. The summed E-state index contributed by atoms with van der Waals surface area (Å²) in [5.74, 6) is -0.728. The van der Waals surface area contributed by atoms with Gasteiger partial charge in [0, 0.05) is 6.42 Å². The topological polar surface area (TPSA) is 57.5 Å². The molecule has 1 unspecified atom stereocenters. The van der Waals surface area contributed by atoms with Gasteiger partial charge in [-0.3, -0.25) is 4.79 Å². The second-order valence-corrected chi connectivity index (χ2v) is 3.44. The van der Waals surface area contributed by atoms with E-state index in [1.807, 2.05) is 6.92 Å². The lowest BCUT2D eigenvalue weighted by atomic mass is 10.1. The molecule has 0 bridgehead atoms. The lowest BCUT2D eigenvalue weighted by molar-refractivity contribution is -0.137. The fraction of sp³-hybridized carbons (Fsp3) is 0.900. The first-order valence-electron chi connectivity index (χ1n) is 5.06. The first kappa shape index (κ1) is 12.4. The molecule has 0 fully saturated rings. The molecule has 3 nitrogen and oxygen atoms in total. The quantitative estimate of drug-likeness (QED) is 0.574. The van der Waals surface area contributed by atoms with Crippen LogP contribution in [0, 0.1) is 0 Å². The van der Waals surface area contributed by atoms with Crippen molar-refractivity contribution in [2.75, 3.05) is 0 Å². The van der Waals surface area contributed by atoms with Gasteiger partial charge in [0.1, 0.15) is 0 Å². The Morgan fingerprint density at radius 2 is 1.92 bits per heavy atom. The predicted octanol–water partition coefficient (Wildman–Crippen LogP) is 2.18. The summed E-state index contributed by atoms with van der Waals surface area (Å²) in [4.78, 5) is 10.1.